The van der Waals surface area contributed by atoms with E-state index in [2.05, 4.69) is 42.5 Å². The number of ether oxygens (including phenoxy) is 3. The van der Waals surface area contributed by atoms with Crippen molar-refractivity contribution in [2.75, 3.05) is 40.1 Å². The first-order valence-electron chi connectivity index (χ1n) is 29.9. The van der Waals surface area contributed by atoms with Crippen LogP contribution in [0.3, 0.4) is 0 Å². The molecule has 94 heavy (non-hydrogen) atoms. The van der Waals surface area contributed by atoms with Gasteiger partial charge in [0, 0.05) is 49.3 Å². The van der Waals surface area contributed by atoms with Gasteiger partial charge in [0.1, 0.15) is 83.6 Å². The quantitative estimate of drug-likeness (QED) is 0.0223. The number of nitrogens with one attached hydrogen (secondary N) is 8. The number of rotatable bonds is 31. The number of hydrogen-bond acceptors (Lipinski definition) is 24. The summed E-state index contributed by atoms with van der Waals surface area (Å²) >= 11 is 0. The fraction of sp³-hybridized carbons (Fsp3) is 0.508. The number of Topliss-reactive ketones (excluding diaryl/α,β-unsaturated/α-hetero) is 1. The molecular weight excluding hydrogens is 1240 g/mol. The summed E-state index contributed by atoms with van der Waals surface area (Å²) in [5, 5.41) is 113. The first-order valence-corrected chi connectivity index (χ1v) is 29.9. The van der Waals surface area contributed by atoms with Gasteiger partial charge in [-0.2, -0.15) is 0 Å². The van der Waals surface area contributed by atoms with Crippen molar-refractivity contribution < 1.29 is 118 Å². The Balaban J connectivity index is 1.14. The van der Waals surface area contributed by atoms with Crippen LogP contribution in [0.15, 0.2) is 42.5 Å². The van der Waals surface area contributed by atoms with Crippen LogP contribution in [0.25, 0.3) is 0 Å². The highest BCUT2D eigenvalue weighted by molar-refractivity contribution is 6.31. The number of aromatic hydroxyl groups is 2. The number of fused-ring (bicyclic) bond motifs is 3. The number of benzene rings is 3. The molecule has 0 radical (unpaired) electrons. The molecule has 0 bridgehead atoms. The predicted octanol–water partition coefficient (Wildman–Crippen LogP) is -6.04. The zero-order valence-electron chi connectivity index (χ0n) is 51.9. The van der Waals surface area contributed by atoms with E-state index in [1.165, 1.54) is 56.5 Å². The summed E-state index contributed by atoms with van der Waals surface area (Å²) in [6.45, 7) is 0.370. The summed E-state index contributed by atoms with van der Waals surface area (Å²) in [7, 11) is 1.27. The van der Waals surface area contributed by atoms with Crippen molar-refractivity contribution in [3.05, 3.63) is 81.4 Å². The Morgan fingerprint density at radius 1 is 0.670 bits per heavy atom. The molecule has 9 amide bonds. The normalized spacial score (nSPS) is 20.3. The van der Waals surface area contributed by atoms with Crippen LogP contribution in [-0.2, 0) is 71.9 Å². The molecule has 3 aromatic carbocycles. The molecule has 12 atom stereocenters. The molecule has 0 saturated carbocycles. The number of carbonyl (C=O) groups is 12. The maximum Gasteiger partial charge on any atom is 0.245 e. The van der Waals surface area contributed by atoms with Gasteiger partial charge in [-0.05, 0) is 62.3 Å². The lowest BCUT2D eigenvalue weighted by molar-refractivity contribution is -0.191. The molecule has 0 spiro atoms. The van der Waals surface area contributed by atoms with Gasteiger partial charge in [-0.1, -0.05) is 38.1 Å². The number of phenolic OH excluding ortho intramolecular Hbond substituents is 2. The highest BCUT2D eigenvalue weighted by atomic mass is 16.7. The molecule has 1 fully saturated rings. The summed E-state index contributed by atoms with van der Waals surface area (Å²) in [5.74, 6) is -13.9. The highest BCUT2D eigenvalue weighted by Gasteiger charge is 2.48. The van der Waals surface area contributed by atoms with Gasteiger partial charge in [0.2, 0.25) is 65.2 Å². The standard InChI is InChI=1S/C61H79N9O24/c1-26(2)17-36(55(85)65-35-19-45(93-27(3)49(35)80)94-53-31-15-16-61(91,43(78)25-75)20-33(31)51(82)47-48(53)52(83)46-32(50(47)81)7-6-8-42(46)92-5)66-58(88)39(22-72)69-60(90)41(24-74)70-59(89)40(23-73)68-54(84)34(13-14-44(62)79)64-56(86)37(18-29-9-11-30(77)12-10-29)67-57(87)38(21-71)63-28(4)76/h6-12,26-27,34-41,45,49,71-75,77,80,82,91H,13-25H2,1-5H3,(H2,62,79)(H,63,76)(H,64,86)(H,65,85)(H,66,88)(H,67,87)(H,68,84)(H,69,90)(H,70,89)/t27-,34+,35-,36+,37+,38+,39+,40+,41+,45?,49+,61-/m1/s1. The Bertz CT molecular complexity index is 3380. The maximum atomic E-state index is 14.6. The molecule has 1 saturated heterocycles. The molecule has 19 N–H and O–H groups in total. The van der Waals surface area contributed by atoms with E-state index in [0.717, 1.165) is 6.92 Å². The average Bonchev–Trinajstić information content (AvgIpc) is 0.715. The molecule has 2 aliphatic carbocycles. The van der Waals surface area contributed by atoms with Crippen LogP contribution in [0.5, 0.6) is 23.0 Å². The minimum absolute atomic E-state index is 0.00968. The number of primary amides is 1. The second-order valence-electron chi connectivity index (χ2n) is 23.3. The monoisotopic (exact) mass is 1320 g/mol. The highest BCUT2D eigenvalue weighted by Crippen LogP contribution is 2.49. The molecular formula is C61H79N9O24. The summed E-state index contributed by atoms with van der Waals surface area (Å²) in [5.41, 5.74) is 2.21. The topological polar surface area (TPSA) is 537 Å². The van der Waals surface area contributed by atoms with E-state index in [1.807, 2.05) is 0 Å². The number of amides is 9. The summed E-state index contributed by atoms with van der Waals surface area (Å²) in [4.78, 5) is 162. The predicted molar refractivity (Wildman–Crippen MR) is 322 cm³/mol. The van der Waals surface area contributed by atoms with Crippen molar-refractivity contribution in [2.45, 2.75) is 151 Å². The Kier molecular flexibility index (Phi) is 25.6. The van der Waals surface area contributed by atoms with Crippen molar-refractivity contribution in [1.82, 2.24) is 42.5 Å². The van der Waals surface area contributed by atoms with E-state index in [9.17, 15) is 103 Å². The lowest BCUT2D eigenvalue weighted by Gasteiger charge is -2.40. The second kappa shape index (κ2) is 32.6. The zero-order chi connectivity index (χ0) is 69.6. The van der Waals surface area contributed by atoms with E-state index >= 15 is 0 Å². The van der Waals surface area contributed by atoms with E-state index in [1.54, 1.807) is 13.8 Å². The maximum absolute atomic E-state index is 14.6. The van der Waals surface area contributed by atoms with Gasteiger partial charge in [-0.3, -0.25) is 57.5 Å². The van der Waals surface area contributed by atoms with Gasteiger partial charge in [-0.25, -0.2) is 0 Å². The number of methoxy groups -OCH3 is 1. The molecule has 33 nitrogen and oxygen atoms in total. The van der Waals surface area contributed by atoms with Crippen LogP contribution in [-0.4, -0.2) is 229 Å². The van der Waals surface area contributed by atoms with Crippen LogP contribution in [0, 0.1) is 5.92 Å². The van der Waals surface area contributed by atoms with Gasteiger partial charge in [0.15, 0.2) is 11.6 Å². The average molecular weight is 1320 g/mol. The van der Waals surface area contributed by atoms with E-state index in [-0.39, 0.29) is 71.1 Å². The summed E-state index contributed by atoms with van der Waals surface area (Å²) in [6.07, 6.45) is -7.15. The fourth-order valence-electron chi connectivity index (χ4n) is 11.0. The number of nitrogens with two attached hydrogens (primary N) is 1. The SMILES string of the molecule is COc1cccc2c1C(=O)c1c(OC3C[C@@H](NC(=O)[C@H](CC(C)C)NC(=O)[C@H](CO)NC(=O)[C@H](CO)NC(=O)[C@H](CO)NC(=O)[C@H](CCC(N)=O)NC(=O)[C@H](Cc4ccc(O)cc4)NC(=O)[C@H](CO)NC(C)=O)[C@@H](O)[C@@H](C)O3)c3c(c(O)c1C2=O)C[C@@](O)(C(=O)CO)CC3. The number of carbonyl (C=O) groups excluding carboxylic acids is 12. The van der Waals surface area contributed by atoms with E-state index in [0.29, 0.717) is 5.56 Å². The molecule has 3 aliphatic rings. The molecule has 1 heterocycles. The van der Waals surface area contributed by atoms with Gasteiger partial charge >= 0.3 is 0 Å². The van der Waals surface area contributed by atoms with Crippen molar-refractivity contribution in [3.63, 3.8) is 0 Å². The minimum Gasteiger partial charge on any atom is -0.508 e. The van der Waals surface area contributed by atoms with Crippen molar-refractivity contribution in [2.24, 2.45) is 11.7 Å². The minimum atomic E-state index is -2.20. The van der Waals surface area contributed by atoms with Gasteiger partial charge < -0.3 is 108 Å². The Morgan fingerprint density at radius 3 is 1.71 bits per heavy atom. The molecule has 0 aromatic heterocycles. The number of aliphatic hydroxyl groups is 7. The molecule has 1 aliphatic heterocycles. The third-order valence-corrected chi connectivity index (χ3v) is 16.0. The van der Waals surface area contributed by atoms with Crippen LogP contribution < -0.4 is 57.7 Å². The number of ketones is 3. The van der Waals surface area contributed by atoms with Crippen LogP contribution >= 0.6 is 0 Å². The van der Waals surface area contributed by atoms with Gasteiger partial charge in [-0.15, -0.1) is 0 Å². The van der Waals surface area contributed by atoms with Gasteiger partial charge in [0.25, 0.3) is 0 Å². The summed E-state index contributed by atoms with van der Waals surface area (Å²) < 4.78 is 17.9. The largest absolute Gasteiger partial charge is 0.508 e. The third-order valence-electron chi connectivity index (χ3n) is 16.0. The van der Waals surface area contributed by atoms with Crippen molar-refractivity contribution in [3.8, 4) is 23.0 Å². The van der Waals surface area contributed by atoms with Crippen molar-refractivity contribution >= 4 is 70.5 Å². The molecule has 33 heteroatoms. The van der Waals surface area contributed by atoms with Crippen LogP contribution in [0.2, 0.25) is 0 Å². The lowest BCUT2D eigenvalue weighted by Crippen LogP contribution is -2.62. The molecule has 1 unspecified atom stereocenters. The number of phenols is 2. The van der Waals surface area contributed by atoms with Crippen molar-refractivity contribution in [1.29, 1.82) is 0 Å². The first kappa shape index (κ1) is 73.8. The third kappa shape index (κ3) is 17.7. The molecule has 6 rings (SSSR count). The molecule has 3 aromatic rings. The first-order chi connectivity index (χ1) is 44.4. The number of aliphatic hydroxyl groups excluding tert-OH is 6. The zero-order valence-corrected chi connectivity index (χ0v) is 51.9. The Hall–Kier alpha value is -9.22. The van der Waals surface area contributed by atoms with Crippen LogP contribution in [0.1, 0.15) is 108 Å². The Morgan fingerprint density at radius 2 is 1.19 bits per heavy atom. The second-order valence-corrected chi connectivity index (χ2v) is 23.3. The summed E-state index contributed by atoms with van der Waals surface area (Å²) in [6, 6.07) is -3.88. The fourth-order valence-corrected chi connectivity index (χ4v) is 11.0. The van der Waals surface area contributed by atoms with Gasteiger partial charge in [0.05, 0.1) is 62.4 Å². The van der Waals surface area contributed by atoms with E-state index in [4.69, 9.17) is 19.9 Å². The van der Waals surface area contributed by atoms with Crippen LogP contribution in [0.4, 0.5) is 0 Å². The smallest absolute Gasteiger partial charge is 0.245 e. The molecule has 512 valence electrons. The lowest BCUT2D eigenvalue weighted by atomic mass is 9.73. The Labute approximate surface area is 536 Å². The van der Waals surface area contributed by atoms with E-state index < -0.39 is 219 Å². The number of hydrogen-bond donors (Lipinski definition) is 18.